The van der Waals surface area contributed by atoms with Crippen LogP contribution in [-0.4, -0.2) is 18.8 Å². The van der Waals surface area contributed by atoms with Gasteiger partial charge in [0.05, 0.1) is 6.10 Å². The summed E-state index contributed by atoms with van der Waals surface area (Å²) >= 11 is 0. The van der Waals surface area contributed by atoms with Crippen LogP contribution in [0.3, 0.4) is 0 Å². The number of rotatable bonds is 4. The van der Waals surface area contributed by atoms with E-state index in [9.17, 15) is 8.78 Å². The predicted octanol–water partition coefficient (Wildman–Crippen LogP) is 3.01. The van der Waals surface area contributed by atoms with Gasteiger partial charge in [0.15, 0.2) is 0 Å². The van der Waals surface area contributed by atoms with Crippen LogP contribution < -0.4 is 5.32 Å². The highest BCUT2D eigenvalue weighted by Crippen LogP contribution is 2.17. The molecule has 0 amide bonds. The molecule has 0 aromatic heterocycles. The first-order valence-corrected chi connectivity index (χ1v) is 6.48. The number of ether oxygens (including phenoxy) is 1. The second-order valence-corrected chi connectivity index (χ2v) is 4.74. The number of hydrogen-bond acceptors (Lipinski definition) is 2. The zero-order valence-corrected chi connectivity index (χ0v) is 10.6. The number of benzene rings is 1. The zero-order valence-electron chi connectivity index (χ0n) is 10.6. The topological polar surface area (TPSA) is 21.3 Å². The molecule has 1 aromatic rings. The number of hydrogen-bond donors (Lipinski definition) is 1. The van der Waals surface area contributed by atoms with Gasteiger partial charge in [-0.2, -0.15) is 0 Å². The lowest BCUT2D eigenvalue weighted by atomic mass is 10.0. The first-order chi connectivity index (χ1) is 8.69. The first kappa shape index (κ1) is 13.4. The van der Waals surface area contributed by atoms with E-state index in [2.05, 4.69) is 12.2 Å². The summed E-state index contributed by atoms with van der Waals surface area (Å²) in [7, 11) is 0. The van der Waals surface area contributed by atoms with Crippen LogP contribution in [0.4, 0.5) is 8.78 Å². The highest BCUT2D eigenvalue weighted by Gasteiger charge is 2.20. The Morgan fingerprint density at radius 2 is 2.22 bits per heavy atom. The molecule has 0 radical (unpaired) electrons. The van der Waals surface area contributed by atoms with Crippen molar-refractivity contribution in [3.05, 3.63) is 35.4 Å². The molecule has 1 aliphatic rings. The fourth-order valence-corrected chi connectivity index (χ4v) is 2.27. The van der Waals surface area contributed by atoms with E-state index in [0.717, 1.165) is 31.9 Å². The Morgan fingerprint density at radius 3 is 2.94 bits per heavy atom. The normalized spacial score (nSPS) is 24.2. The smallest absolute Gasteiger partial charge is 0.130 e. The molecule has 1 heterocycles. The molecule has 1 saturated heterocycles. The van der Waals surface area contributed by atoms with Crippen LogP contribution in [0.5, 0.6) is 0 Å². The van der Waals surface area contributed by atoms with Crippen LogP contribution in [0.2, 0.25) is 0 Å². The van der Waals surface area contributed by atoms with Gasteiger partial charge in [0.1, 0.15) is 11.6 Å². The maximum absolute atomic E-state index is 13.4. The molecule has 0 bridgehead atoms. The van der Waals surface area contributed by atoms with Crippen molar-refractivity contribution in [2.24, 2.45) is 0 Å². The Labute approximate surface area is 106 Å². The molecule has 2 unspecified atom stereocenters. The molecule has 0 spiro atoms. The molecular weight excluding hydrogens is 236 g/mol. The van der Waals surface area contributed by atoms with Crippen molar-refractivity contribution in [1.29, 1.82) is 0 Å². The average Bonchev–Trinajstić information content (AvgIpc) is 2.38. The van der Waals surface area contributed by atoms with E-state index in [1.807, 2.05) is 0 Å². The second-order valence-electron chi connectivity index (χ2n) is 4.74. The van der Waals surface area contributed by atoms with Gasteiger partial charge in [-0.25, -0.2) is 8.78 Å². The van der Waals surface area contributed by atoms with E-state index in [-0.39, 0.29) is 0 Å². The van der Waals surface area contributed by atoms with Gasteiger partial charge in [0, 0.05) is 30.8 Å². The van der Waals surface area contributed by atoms with E-state index >= 15 is 0 Å². The van der Waals surface area contributed by atoms with Gasteiger partial charge < -0.3 is 10.1 Å². The molecule has 18 heavy (non-hydrogen) atoms. The summed E-state index contributed by atoms with van der Waals surface area (Å²) < 4.78 is 31.8. The lowest BCUT2D eigenvalue weighted by molar-refractivity contribution is -0.000353. The van der Waals surface area contributed by atoms with Crippen molar-refractivity contribution in [3.63, 3.8) is 0 Å². The van der Waals surface area contributed by atoms with E-state index in [4.69, 9.17) is 4.74 Å². The first-order valence-electron chi connectivity index (χ1n) is 6.48. The van der Waals surface area contributed by atoms with Gasteiger partial charge in [0.2, 0.25) is 0 Å². The Hall–Kier alpha value is -1.00. The fraction of sp³-hybridized carbons (Fsp3) is 0.571. The molecule has 2 rings (SSSR count). The van der Waals surface area contributed by atoms with E-state index in [1.54, 1.807) is 0 Å². The number of halogens is 2. The highest BCUT2D eigenvalue weighted by molar-refractivity contribution is 5.18. The minimum Gasteiger partial charge on any atom is -0.378 e. The van der Waals surface area contributed by atoms with Gasteiger partial charge in [-0.3, -0.25) is 0 Å². The average molecular weight is 255 g/mol. The van der Waals surface area contributed by atoms with Crippen molar-refractivity contribution in [3.8, 4) is 0 Å². The van der Waals surface area contributed by atoms with Crippen LogP contribution in [0.25, 0.3) is 0 Å². The Bertz CT molecular complexity index is 397. The maximum atomic E-state index is 13.4. The molecule has 0 saturated carbocycles. The van der Waals surface area contributed by atoms with Gasteiger partial charge in [-0.05, 0) is 25.3 Å². The van der Waals surface area contributed by atoms with Gasteiger partial charge >= 0.3 is 0 Å². The third-order valence-corrected chi connectivity index (χ3v) is 3.42. The van der Waals surface area contributed by atoms with Crippen molar-refractivity contribution in [1.82, 2.24) is 5.32 Å². The SMILES string of the molecule is CCC1CC(NCc2ccc(F)cc2F)CCO1. The second kappa shape index (κ2) is 6.25. The Kier molecular flexibility index (Phi) is 4.66. The minimum absolute atomic E-state index is 0.300. The summed E-state index contributed by atoms with van der Waals surface area (Å²) in [5.41, 5.74) is 0.510. The lowest BCUT2D eigenvalue weighted by Gasteiger charge is -2.29. The summed E-state index contributed by atoms with van der Waals surface area (Å²) in [6.45, 7) is 3.29. The quantitative estimate of drug-likeness (QED) is 0.893. The summed E-state index contributed by atoms with van der Waals surface area (Å²) in [6.07, 6.45) is 3.20. The minimum atomic E-state index is -0.534. The van der Waals surface area contributed by atoms with Crippen LogP contribution in [-0.2, 0) is 11.3 Å². The Balaban J connectivity index is 1.87. The summed E-state index contributed by atoms with van der Waals surface area (Å²) in [5.74, 6) is -1.02. The summed E-state index contributed by atoms with van der Waals surface area (Å²) in [5, 5.41) is 3.32. The van der Waals surface area contributed by atoms with Crippen molar-refractivity contribution in [2.45, 2.75) is 44.9 Å². The lowest BCUT2D eigenvalue weighted by Crippen LogP contribution is -2.38. The Morgan fingerprint density at radius 1 is 1.39 bits per heavy atom. The standard InChI is InChI=1S/C14H19F2NO/c1-2-13-8-12(5-6-18-13)17-9-10-3-4-11(15)7-14(10)16/h3-4,7,12-13,17H,2,5-6,8-9H2,1H3. The molecule has 1 N–H and O–H groups in total. The largest absolute Gasteiger partial charge is 0.378 e. The van der Waals surface area contributed by atoms with Gasteiger partial charge in [-0.15, -0.1) is 0 Å². The predicted molar refractivity (Wildman–Crippen MR) is 66.3 cm³/mol. The molecule has 4 heteroatoms. The fourth-order valence-electron chi connectivity index (χ4n) is 2.27. The van der Waals surface area contributed by atoms with Crippen molar-refractivity contribution < 1.29 is 13.5 Å². The van der Waals surface area contributed by atoms with Gasteiger partial charge in [0.25, 0.3) is 0 Å². The zero-order chi connectivity index (χ0) is 13.0. The van der Waals surface area contributed by atoms with E-state index in [0.29, 0.717) is 24.3 Å². The number of nitrogens with one attached hydrogen (secondary N) is 1. The van der Waals surface area contributed by atoms with Crippen LogP contribution in [0.1, 0.15) is 31.7 Å². The molecule has 1 aromatic carbocycles. The summed E-state index contributed by atoms with van der Waals surface area (Å²) in [4.78, 5) is 0. The van der Waals surface area contributed by atoms with Crippen molar-refractivity contribution >= 4 is 0 Å². The summed E-state index contributed by atoms with van der Waals surface area (Å²) in [6, 6.07) is 4.07. The van der Waals surface area contributed by atoms with E-state index < -0.39 is 11.6 Å². The van der Waals surface area contributed by atoms with Crippen molar-refractivity contribution in [2.75, 3.05) is 6.61 Å². The van der Waals surface area contributed by atoms with Crippen LogP contribution in [0, 0.1) is 11.6 Å². The molecule has 100 valence electrons. The molecule has 0 aliphatic carbocycles. The van der Waals surface area contributed by atoms with Crippen LogP contribution >= 0.6 is 0 Å². The monoisotopic (exact) mass is 255 g/mol. The molecule has 1 aliphatic heterocycles. The molecule has 2 nitrogen and oxygen atoms in total. The van der Waals surface area contributed by atoms with Gasteiger partial charge in [-0.1, -0.05) is 13.0 Å². The maximum Gasteiger partial charge on any atom is 0.130 e. The third-order valence-electron chi connectivity index (χ3n) is 3.42. The molecular formula is C14H19F2NO. The highest BCUT2D eigenvalue weighted by atomic mass is 19.1. The molecule has 2 atom stereocenters. The third kappa shape index (κ3) is 3.50. The van der Waals surface area contributed by atoms with E-state index in [1.165, 1.54) is 12.1 Å². The van der Waals surface area contributed by atoms with Crippen LogP contribution in [0.15, 0.2) is 18.2 Å². The molecule has 1 fully saturated rings.